The third-order valence-electron chi connectivity index (χ3n) is 4.97. The minimum absolute atomic E-state index is 0. The van der Waals surface area contributed by atoms with E-state index in [1.807, 2.05) is 38.1 Å². The van der Waals surface area contributed by atoms with Gasteiger partial charge in [0.25, 0.3) is 0 Å². The molecule has 0 aliphatic carbocycles. The van der Waals surface area contributed by atoms with Crippen LogP contribution in [0, 0.1) is 0 Å². The summed E-state index contributed by atoms with van der Waals surface area (Å²) in [4.78, 5) is 2.41. The van der Waals surface area contributed by atoms with Crippen LogP contribution in [-0.4, -0.2) is 23.5 Å². The van der Waals surface area contributed by atoms with E-state index in [1.165, 1.54) is 16.7 Å². The molecule has 0 saturated heterocycles. The van der Waals surface area contributed by atoms with Crippen molar-refractivity contribution in [2.24, 2.45) is 5.73 Å². The van der Waals surface area contributed by atoms with Crippen molar-refractivity contribution < 1.29 is 0 Å². The smallest absolute Gasteiger partial charge is 0.0406 e. The second-order valence-electron chi connectivity index (χ2n) is 8.73. The van der Waals surface area contributed by atoms with Gasteiger partial charge in [0.1, 0.15) is 0 Å². The molecule has 5 heteroatoms. The summed E-state index contributed by atoms with van der Waals surface area (Å²) in [6.07, 6.45) is 1.98. The maximum absolute atomic E-state index is 5.87. The molecule has 3 aromatic carbocycles. The van der Waals surface area contributed by atoms with Crippen molar-refractivity contribution in [2.75, 3.05) is 7.05 Å². The average Bonchev–Trinajstić information content (AvgIpc) is 2.71. The number of hydrogen-bond acceptors (Lipinski definition) is 2. The maximum atomic E-state index is 5.87. The number of benzene rings is 3. The minimum atomic E-state index is -0.145. The van der Waals surface area contributed by atoms with E-state index in [0.717, 1.165) is 24.4 Å². The second-order valence-corrected chi connectivity index (χ2v) is 9.17. The van der Waals surface area contributed by atoms with Crippen LogP contribution < -0.4 is 5.73 Å². The molecule has 0 radical (unpaired) electrons. The van der Waals surface area contributed by atoms with E-state index in [1.54, 1.807) is 0 Å². The van der Waals surface area contributed by atoms with E-state index in [4.69, 9.17) is 17.3 Å². The number of hydrogen-bond donors (Lipinski definition) is 1. The summed E-state index contributed by atoms with van der Waals surface area (Å²) in [6, 6.07) is 29.7. The third-order valence-corrected chi connectivity index (χ3v) is 5.23. The van der Waals surface area contributed by atoms with Crippen LogP contribution in [0.15, 0.2) is 84.9 Å². The molecule has 0 aliphatic heterocycles. The lowest BCUT2D eigenvalue weighted by atomic mass is 9.96. The highest BCUT2D eigenvalue weighted by molar-refractivity contribution is 6.30. The quantitative estimate of drug-likeness (QED) is 0.375. The monoisotopic (exact) mass is 494 g/mol. The minimum Gasteiger partial charge on any atom is -0.325 e. The molecule has 2 N–H and O–H groups in total. The van der Waals surface area contributed by atoms with Crippen molar-refractivity contribution in [3.8, 4) is 0 Å². The molecule has 0 unspecified atom stereocenters. The van der Waals surface area contributed by atoms with Gasteiger partial charge in [-0.1, -0.05) is 84.4 Å². The summed E-state index contributed by atoms with van der Waals surface area (Å²) in [5, 5.41) is 0.772. The summed E-state index contributed by atoms with van der Waals surface area (Å²) in [6.45, 7) is 7.33. The Morgan fingerprint density at radius 1 is 0.781 bits per heavy atom. The van der Waals surface area contributed by atoms with Gasteiger partial charge in [0, 0.05) is 23.1 Å². The lowest BCUT2D eigenvalue weighted by Gasteiger charge is -2.24. The van der Waals surface area contributed by atoms with Crippen molar-refractivity contribution in [3.63, 3.8) is 0 Å². The maximum Gasteiger partial charge on any atom is 0.0406 e. The van der Waals surface area contributed by atoms with Crippen molar-refractivity contribution in [3.05, 3.63) is 107 Å². The molecule has 0 aliphatic rings. The van der Waals surface area contributed by atoms with Gasteiger partial charge in [-0.05, 0) is 69.5 Å². The molecular formula is C27H37Cl3N2. The van der Waals surface area contributed by atoms with Crippen LogP contribution in [0.25, 0.3) is 0 Å². The predicted molar refractivity (Wildman–Crippen MR) is 145 cm³/mol. The molecule has 0 aromatic heterocycles. The SMILES string of the molecule is CC(C)(N)Cc1ccc(Cl)cc1.C[C@@H](Cc1ccccc1)N(C)Cc1ccccc1.Cl.Cl. The highest BCUT2D eigenvalue weighted by Gasteiger charge is 2.11. The normalized spacial score (nSPS) is 11.5. The van der Waals surface area contributed by atoms with Gasteiger partial charge in [-0.25, -0.2) is 0 Å². The molecule has 0 bridgehead atoms. The topological polar surface area (TPSA) is 29.3 Å². The molecule has 176 valence electrons. The Kier molecular flexibility index (Phi) is 14.6. The Morgan fingerprint density at radius 2 is 1.25 bits per heavy atom. The van der Waals surface area contributed by atoms with Gasteiger partial charge in [0.05, 0.1) is 0 Å². The summed E-state index contributed by atoms with van der Waals surface area (Å²) in [7, 11) is 2.20. The predicted octanol–water partition coefficient (Wildman–Crippen LogP) is 7.21. The van der Waals surface area contributed by atoms with Gasteiger partial charge in [-0.15, -0.1) is 24.8 Å². The zero-order chi connectivity index (χ0) is 22.0. The van der Waals surface area contributed by atoms with E-state index in [-0.39, 0.29) is 30.4 Å². The van der Waals surface area contributed by atoms with Crippen molar-refractivity contribution in [2.45, 2.75) is 51.7 Å². The van der Waals surface area contributed by atoms with Crippen LogP contribution in [0.4, 0.5) is 0 Å². The number of likely N-dealkylation sites (N-methyl/N-ethyl adjacent to an activating group) is 1. The van der Waals surface area contributed by atoms with Crippen LogP contribution >= 0.6 is 36.4 Å². The highest BCUT2D eigenvalue weighted by atomic mass is 35.5. The number of nitrogens with two attached hydrogens (primary N) is 1. The largest absolute Gasteiger partial charge is 0.325 e. The Bertz CT molecular complexity index is 802. The summed E-state index contributed by atoms with van der Waals surface area (Å²) < 4.78 is 0. The Hall–Kier alpha value is -1.55. The Balaban J connectivity index is 0.000000607. The standard InChI is InChI=1S/C17H21N.C10H14ClN.2ClH/c1-15(13-16-9-5-3-6-10-16)18(2)14-17-11-7-4-8-12-17;1-10(2,12)7-8-3-5-9(11)6-4-8;;/h3-12,15H,13-14H2,1-2H3;3-6H,7,12H2,1-2H3;2*1H/t15-;;;/m0.../s1. The van der Waals surface area contributed by atoms with Gasteiger partial charge in [-0.3, -0.25) is 4.90 Å². The van der Waals surface area contributed by atoms with Gasteiger partial charge in [0.2, 0.25) is 0 Å². The summed E-state index contributed by atoms with van der Waals surface area (Å²) in [5.74, 6) is 0. The van der Waals surface area contributed by atoms with Crippen LogP contribution in [0.1, 0.15) is 37.5 Å². The summed E-state index contributed by atoms with van der Waals surface area (Å²) in [5.41, 5.74) is 9.74. The van der Waals surface area contributed by atoms with Gasteiger partial charge in [-0.2, -0.15) is 0 Å². The molecule has 3 aromatic rings. The lowest BCUT2D eigenvalue weighted by molar-refractivity contribution is 0.248. The molecule has 0 saturated carbocycles. The first-order valence-corrected chi connectivity index (χ1v) is 10.9. The number of nitrogens with zero attached hydrogens (tertiary/aromatic N) is 1. The van der Waals surface area contributed by atoms with Gasteiger partial charge in [0.15, 0.2) is 0 Å². The first-order chi connectivity index (χ1) is 14.2. The van der Waals surface area contributed by atoms with Crippen molar-refractivity contribution in [1.29, 1.82) is 0 Å². The van der Waals surface area contributed by atoms with Crippen molar-refractivity contribution in [1.82, 2.24) is 4.90 Å². The third kappa shape index (κ3) is 12.5. The zero-order valence-electron chi connectivity index (χ0n) is 19.5. The van der Waals surface area contributed by atoms with E-state index in [2.05, 4.69) is 79.5 Å². The van der Waals surface area contributed by atoms with E-state index >= 15 is 0 Å². The van der Waals surface area contributed by atoms with Crippen LogP contribution in [0.2, 0.25) is 5.02 Å². The highest BCUT2D eigenvalue weighted by Crippen LogP contribution is 2.14. The van der Waals surface area contributed by atoms with Crippen LogP contribution in [-0.2, 0) is 19.4 Å². The fourth-order valence-corrected chi connectivity index (χ4v) is 3.39. The molecule has 1 atom stereocenters. The molecule has 0 fully saturated rings. The fraction of sp³-hybridized carbons (Fsp3) is 0.333. The van der Waals surface area contributed by atoms with Crippen LogP contribution in [0.5, 0.6) is 0 Å². The Labute approximate surface area is 212 Å². The first kappa shape index (κ1) is 30.4. The second kappa shape index (κ2) is 15.3. The fourth-order valence-electron chi connectivity index (χ4n) is 3.27. The number of halogens is 3. The molecule has 0 spiro atoms. The average molecular weight is 496 g/mol. The summed E-state index contributed by atoms with van der Waals surface area (Å²) >= 11 is 5.75. The van der Waals surface area contributed by atoms with E-state index in [9.17, 15) is 0 Å². The molecule has 0 amide bonds. The van der Waals surface area contributed by atoms with E-state index < -0.39 is 0 Å². The van der Waals surface area contributed by atoms with Gasteiger partial charge < -0.3 is 5.73 Å². The Morgan fingerprint density at radius 3 is 1.72 bits per heavy atom. The number of rotatable bonds is 7. The zero-order valence-corrected chi connectivity index (χ0v) is 21.9. The lowest BCUT2D eigenvalue weighted by Crippen LogP contribution is -2.34. The molecule has 32 heavy (non-hydrogen) atoms. The van der Waals surface area contributed by atoms with E-state index in [0.29, 0.717) is 6.04 Å². The molecule has 3 rings (SSSR count). The first-order valence-electron chi connectivity index (χ1n) is 10.5. The molecule has 0 heterocycles. The van der Waals surface area contributed by atoms with Gasteiger partial charge >= 0.3 is 0 Å². The molecular weight excluding hydrogens is 459 g/mol. The van der Waals surface area contributed by atoms with Crippen LogP contribution in [0.3, 0.4) is 0 Å². The van der Waals surface area contributed by atoms with Crippen molar-refractivity contribution >= 4 is 36.4 Å². The molecule has 2 nitrogen and oxygen atoms in total.